The summed E-state index contributed by atoms with van der Waals surface area (Å²) in [6.45, 7) is 2.25. The summed E-state index contributed by atoms with van der Waals surface area (Å²) in [5.41, 5.74) is -1.48. The Kier molecular flexibility index (Phi) is 4.71. The van der Waals surface area contributed by atoms with E-state index in [9.17, 15) is 24.0 Å². The Balaban J connectivity index is 2.01. The Morgan fingerprint density at radius 2 is 1.81 bits per heavy atom. The highest BCUT2D eigenvalue weighted by atomic mass is 79.9. The van der Waals surface area contributed by atoms with Gasteiger partial charge in [-0.25, -0.2) is 9.59 Å². The number of aromatic amines is 1. The highest BCUT2D eigenvalue weighted by molar-refractivity contribution is 9.10. The predicted molar refractivity (Wildman–Crippen MR) is 83.9 cm³/mol. The Hall–Kier alpha value is -2.47. The lowest BCUT2D eigenvalue weighted by molar-refractivity contribution is -0.174. The van der Waals surface area contributed by atoms with E-state index >= 15 is 0 Å². The van der Waals surface area contributed by atoms with Crippen molar-refractivity contribution in [3.05, 3.63) is 31.5 Å². The molecular weight excluding hydrogens is 420 g/mol. The summed E-state index contributed by atoms with van der Waals surface area (Å²) in [4.78, 5) is 60.3. The number of rotatable bonds is 3. The number of nitrogens with one attached hydrogen (secondary N) is 1. The van der Waals surface area contributed by atoms with Gasteiger partial charge in [0.25, 0.3) is 5.56 Å². The van der Waals surface area contributed by atoms with E-state index < -0.39 is 59.8 Å². The van der Waals surface area contributed by atoms with Crippen LogP contribution in [0.3, 0.4) is 0 Å². The van der Waals surface area contributed by atoms with Crippen molar-refractivity contribution in [2.45, 2.75) is 44.5 Å². The molecule has 2 aliphatic rings. The lowest BCUT2D eigenvalue weighted by Gasteiger charge is -2.23. The average molecular weight is 433 g/mol. The lowest BCUT2D eigenvalue weighted by atomic mass is 10.1. The molecule has 5 atom stereocenters. The van der Waals surface area contributed by atoms with E-state index in [0.717, 1.165) is 24.6 Å². The van der Waals surface area contributed by atoms with Crippen LogP contribution in [0.4, 0.5) is 0 Å². The third-order valence-corrected chi connectivity index (χ3v) is 4.37. The van der Waals surface area contributed by atoms with Gasteiger partial charge in [0, 0.05) is 20.0 Å². The van der Waals surface area contributed by atoms with Crippen LogP contribution in [0, 0.1) is 0 Å². The number of carbonyl (C=O) groups is 3. The van der Waals surface area contributed by atoms with Gasteiger partial charge in [-0.1, -0.05) is 0 Å². The van der Waals surface area contributed by atoms with Crippen molar-refractivity contribution in [2.75, 3.05) is 0 Å². The van der Waals surface area contributed by atoms with Gasteiger partial charge in [0.15, 0.2) is 18.4 Å². The Morgan fingerprint density at radius 1 is 1.15 bits per heavy atom. The monoisotopic (exact) mass is 432 g/mol. The summed E-state index contributed by atoms with van der Waals surface area (Å²) < 4.78 is 21.9. The van der Waals surface area contributed by atoms with Crippen LogP contribution in [0.5, 0.6) is 0 Å². The van der Waals surface area contributed by atoms with Crippen LogP contribution < -0.4 is 11.2 Å². The number of carbonyl (C=O) groups excluding carboxylic acids is 3. The molecule has 2 aliphatic heterocycles. The smallest absolute Gasteiger partial charge is 0.350 e. The number of nitrogens with zero attached hydrogens (tertiary/aromatic N) is 1. The number of H-pyrrole nitrogens is 1. The Bertz CT molecular complexity index is 891. The predicted octanol–water partition coefficient (Wildman–Crippen LogP) is -1.01. The van der Waals surface area contributed by atoms with E-state index in [1.165, 1.54) is 0 Å². The molecule has 3 rings (SSSR count). The molecule has 1 aromatic rings. The van der Waals surface area contributed by atoms with Crippen molar-refractivity contribution >= 4 is 33.8 Å². The minimum Gasteiger partial charge on any atom is -0.454 e. The van der Waals surface area contributed by atoms with Gasteiger partial charge < -0.3 is 18.9 Å². The number of fused-ring (bicyclic) bond motifs is 1. The third kappa shape index (κ3) is 3.17. The summed E-state index contributed by atoms with van der Waals surface area (Å²) in [7, 11) is 0. The molecule has 0 amide bonds. The number of halogens is 1. The van der Waals surface area contributed by atoms with Gasteiger partial charge in [-0.2, -0.15) is 0 Å². The fourth-order valence-corrected chi connectivity index (χ4v) is 3.18. The van der Waals surface area contributed by atoms with Crippen molar-refractivity contribution in [1.29, 1.82) is 0 Å². The molecule has 11 nitrogen and oxygen atoms in total. The van der Waals surface area contributed by atoms with Crippen molar-refractivity contribution < 1.29 is 33.3 Å². The van der Waals surface area contributed by atoms with Crippen molar-refractivity contribution in [1.82, 2.24) is 9.55 Å². The maximum atomic E-state index is 12.1. The van der Waals surface area contributed by atoms with Crippen molar-refractivity contribution in [3.8, 4) is 0 Å². The second kappa shape index (κ2) is 6.68. The van der Waals surface area contributed by atoms with E-state index in [0.29, 0.717) is 0 Å². The van der Waals surface area contributed by atoms with Gasteiger partial charge in [0.2, 0.25) is 6.10 Å². The van der Waals surface area contributed by atoms with Crippen LogP contribution in [0.2, 0.25) is 0 Å². The Morgan fingerprint density at radius 3 is 2.42 bits per heavy atom. The number of hydrogen-bond donors (Lipinski definition) is 1. The summed E-state index contributed by atoms with van der Waals surface area (Å²) >= 11 is 2.99. The average Bonchev–Trinajstić information content (AvgIpc) is 3.00. The van der Waals surface area contributed by atoms with Gasteiger partial charge >= 0.3 is 23.6 Å². The van der Waals surface area contributed by atoms with E-state index in [1.54, 1.807) is 0 Å². The highest BCUT2D eigenvalue weighted by Crippen LogP contribution is 2.39. The molecule has 0 aliphatic carbocycles. The molecule has 1 N–H and O–H groups in total. The molecule has 0 aromatic carbocycles. The van der Waals surface area contributed by atoms with E-state index in [4.69, 9.17) is 18.9 Å². The second-order valence-corrected chi connectivity index (χ2v) is 6.49. The summed E-state index contributed by atoms with van der Waals surface area (Å²) in [6.07, 6.45) is -4.76. The van der Waals surface area contributed by atoms with Crippen molar-refractivity contribution in [3.63, 3.8) is 0 Å². The zero-order valence-electron chi connectivity index (χ0n) is 13.5. The van der Waals surface area contributed by atoms with Crippen LogP contribution in [-0.2, 0) is 33.3 Å². The summed E-state index contributed by atoms with van der Waals surface area (Å²) in [5.74, 6) is -2.28. The lowest BCUT2D eigenvalue weighted by Crippen LogP contribution is -2.40. The molecule has 0 unspecified atom stereocenters. The number of aromatic nitrogens is 2. The van der Waals surface area contributed by atoms with Gasteiger partial charge in [0.05, 0.1) is 4.47 Å². The first-order chi connectivity index (χ1) is 12.2. The zero-order chi connectivity index (χ0) is 19.2. The summed E-state index contributed by atoms with van der Waals surface area (Å²) in [6, 6.07) is 0. The zero-order valence-corrected chi connectivity index (χ0v) is 15.0. The van der Waals surface area contributed by atoms with Gasteiger partial charge in [-0.3, -0.25) is 23.9 Å². The standard InChI is InChI=1S/C14H13BrN2O9/c1-4(18)23-9-7-8(10(13(21)26-7)24-5(2)19)25-12(9)17-3-6(15)11(20)16-14(17)22/h3,7-10,12H,1-2H3,(H,16,20,22)/t7-,8+,9-,10+,12+/m1/s1. The van der Waals surface area contributed by atoms with Gasteiger partial charge in [0.1, 0.15) is 6.10 Å². The van der Waals surface area contributed by atoms with Crippen molar-refractivity contribution in [2.24, 2.45) is 0 Å². The van der Waals surface area contributed by atoms with E-state index in [-0.39, 0.29) is 4.47 Å². The molecule has 1 aromatic heterocycles. The van der Waals surface area contributed by atoms with Gasteiger partial charge in [-0.15, -0.1) is 0 Å². The minimum atomic E-state index is -1.36. The summed E-state index contributed by atoms with van der Waals surface area (Å²) in [5, 5.41) is 0. The van der Waals surface area contributed by atoms with Crippen LogP contribution in [-0.4, -0.2) is 51.9 Å². The number of hydrogen-bond acceptors (Lipinski definition) is 9. The normalized spacial score (nSPS) is 29.8. The molecule has 0 saturated carbocycles. The molecule has 140 valence electrons. The molecular formula is C14H13BrN2O9. The first-order valence-corrected chi connectivity index (χ1v) is 8.19. The maximum absolute atomic E-state index is 12.1. The molecule has 0 radical (unpaired) electrons. The maximum Gasteiger partial charge on any atom is 0.350 e. The molecule has 2 saturated heterocycles. The molecule has 3 heterocycles. The van der Waals surface area contributed by atoms with Crippen LogP contribution in [0.25, 0.3) is 0 Å². The Labute approximate surface area is 153 Å². The quantitative estimate of drug-likeness (QED) is 0.468. The molecule has 26 heavy (non-hydrogen) atoms. The molecule has 0 bridgehead atoms. The molecule has 12 heteroatoms. The van der Waals surface area contributed by atoms with Gasteiger partial charge in [-0.05, 0) is 15.9 Å². The number of esters is 3. The fourth-order valence-electron chi connectivity index (χ4n) is 2.86. The topological polar surface area (TPSA) is 143 Å². The minimum absolute atomic E-state index is 0.0351. The van der Waals surface area contributed by atoms with Crippen LogP contribution in [0.1, 0.15) is 20.1 Å². The van der Waals surface area contributed by atoms with Crippen LogP contribution in [0.15, 0.2) is 20.3 Å². The first kappa shape index (κ1) is 18.3. The third-order valence-electron chi connectivity index (χ3n) is 3.80. The number of ether oxygens (including phenoxy) is 4. The SMILES string of the molecule is CC(=O)O[C@@H]1[C@@H]2OC(=O)[C@@H](OC(C)=O)[C@H]2O[C@@H]1n1cc(Br)c(=O)[nH]c1=O. The first-order valence-electron chi connectivity index (χ1n) is 7.40. The second-order valence-electron chi connectivity index (χ2n) is 5.64. The largest absolute Gasteiger partial charge is 0.454 e. The van der Waals surface area contributed by atoms with E-state index in [1.807, 2.05) is 0 Å². The van der Waals surface area contributed by atoms with Crippen LogP contribution >= 0.6 is 15.9 Å². The molecule has 0 spiro atoms. The highest BCUT2D eigenvalue weighted by Gasteiger charge is 2.61. The molecule has 2 fully saturated rings. The fraction of sp³-hybridized carbons (Fsp3) is 0.500. The van der Waals surface area contributed by atoms with E-state index in [2.05, 4.69) is 20.9 Å².